The van der Waals surface area contributed by atoms with Crippen molar-refractivity contribution < 1.29 is 4.42 Å². The normalized spacial score (nSPS) is 12.5. The number of nitrogens with one attached hydrogen (secondary N) is 1. The lowest BCUT2D eigenvalue weighted by Crippen LogP contribution is -2.19. The lowest BCUT2D eigenvalue weighted by atomic mass is 9.97. The fraction of sp³-hybridized carbons (Fsp3) is 0. The molecule has 0 saturated heterocycles. The summed E-state index contributed by atoms with van der Waals surface area (Å²) in [5.41, 5.74) is 0.913. The van der Waals surface area contributed by atoms with Gasteiger partial charge in [-0.3, -0.25) is 14.6 Å². The average Bonchev–Trinajstić information content (AvgIpc) is 2.94. The van der Waals surface area contributed by atoms with Crippen LogP contribution in [0.1, 0.15) is 0 Å². The number of benzene rings is 3. The molecule has 0 fully saturated rings. The Labute approximate surface area is 133 Å². The largest absolute Gasteiger partial charge is 0.455 e. The Morgan fingerprint density at radius 3 is 1.58 bits per heavy atom. The van der Waals surface area contributed by atoms with Crippen molar-refractivity contribution in [1.82, 2.24) is 4.98 Å². The van der Waals surface area contributed by atoms with Crippen LogP contribution in [0.4, 0.5) is 0 Å². The number of hydrogen-bond donors (Lipinski definition) is 1. The van der Waals surface area contributed by atoms with Gasteiger partial charge in [0, 0.05) is 43.1 Å². The third-order valence-electron chi connectivity index (χ3n) is 4.99. The smallest absolute Gasteiger partial charge is 0.258 e. The number of aromatic amines is 1. The molecule has 1 N–H and O–H groups in total. The zero-order valence-corrected chi connectivity index (χ0v) is 12.3. The topological polar surface area (TPSA) is 63.1 Å². The molecule has 0 atom stereocenters. The number of furan rings is 1. The van der Waals surface area contributed by atoms with Gasteiger partial charge < -0.3 is 4.42 Å². The predicted octanol–water partition coefficient (Wildman–Crippen LogP) is 3.97. The molecule has 4 aromatic carbocycles. The molecule has 6 aromatic rings. The fourth-order valence-corrected chi connectivity index (χ4v) is 3.98. The van der Waals surface area contributed by atoms with E-state index in [9.17, 15) is 9.59 Å². The molecule has 24 heavy (non-hydrogen) atoms. The van der Waals surface area contributed by atoms with Crippen molar-refractivity contribution in [3.8, 4) is 0 Å². The standard InChI is InChI=1S/C20H9NO3/c22-19-13-7-5-11-15-12(6-8-14(16(13)15)20(23)21-19)18-10-4-2-1-3-9(10)17(11)24-18/h1-8H,(H,21,22,23). The van der Waals surface area contributed by atoms with Crippen LogP contribution in [0.25, 0.3) is 54.3 Å². The van der Waals surface area contributed by atoms with E-state index in [2.05, 4.69) is 4.98 Å². The molecule has 4 nitrogen and oxygen atoms in total. The quantitative estimate of drug-likeness (QED) is 0.432. The minimum absolute atomic E-state index is 0.345. The molecule has 112 valence electrons. The Hall–Kier alpha value is -3.40. The first-order chi connectivity index (χ1) is 11.7. The van der Waals surface area contributed by atoms with E-state index in [1.54, 1.807) is 12.1 Å². The zero-order valence-electron chi connectivity index (χ0n) is 12.3. The maximum atomic E-state index is 12.2. The molecule has 0 unspecified atom stereocenters. The van der Waals surface area contributed by atoms with Gasteiger partial charge in [-0.2, -0.15) is 0 Å². The van der Waals surface area contributed by atoms with Crippen LogP contribution in [0.2, 0.25) is 0 Å². The minimum atomic E-state index is -0.345. The molecule has 2 aromatic heterocycles. The number of rotatable bonds is 0. The first-order valence-corrected chi connectivity index (χ1v) is 7.72. The fourth-order valence-electron chi connectivity index (χ4n) is 3.98. The van der Waals surface area contributed by atoms with E-state index < -0.39 is 0 Å². The highest BCUT2D eigenvalue weighted by molar-refractivity contribution is 6.33. The summed E-state index contributed by atoms with van der Waals surface area (Å²) in [5.74, 6) is 0. The van der Waals surface area contributed by atoms with E-state index >= 15 is 0 Å². The molecule has 0 aliphatic carbocycles. The number of hydrogen-bond acceptors (Lipinski definition) is 3. The molecule has 0 amide bonds. The van der Waals surface area contributed by atoms with Crippen LogP contribution in [0, 0.1) is 0 Å². The van der Waals surface area contributed by atoms with Gasteiger partial charge in [0.15, 0.2) is 0 Å². The van der Waals surface area contributed by atoms with Gasteiger partial charge in [0.2, 0.25) is 0 Å². The van der Waals surface area contributed by atoms with Crippen LogP contribution in [-0.2, 0) is 0 Å². The molecule has 6 rings (SSSR count). The van der Waals surface area contributed by atoms with Gasteiger partial charge >= 0.3 is 0 Å². The molecule has 0 aliphatic rings. The summed E-state index contributed by atoms with van der Waals surface area (Å²) >= 11 is 0. The SMILES string of the molecule is O=c1[nH]c(=O)c2ccc3c4oc(c5ccccc54)c4ccc1c2c43. The lowest BCUT2D eigenvalue weighted by molar-refractivity contribution is 0.675. The maximum Gasteiger partial charge on any atom is 0.258 e. The Balaban J connectivity index is 2.13. The van der Waals surface area contributed by atoms with Crippen LogP contribution in [0.5, 0.6) is 0 Å². The van der Waals surface area contributed by atoms with Gasteiger partial charge in [-0.1, -0.05) is 24.3 Å². The molecule has 0 aliphatic heterocycles. The Morgan fingerprint density at radius 2 is 1.04 bits per heavy atom. The van der Waals surface area contributed by atoms with Crippen LogP contribution in [0.15, 0.2) is 62.5 Å². The Kier molecular flexibility index (Phi) is 1.88. The van der Waals surface area contributed by atoms with Crippen molar-refractivity contribution in [3.63, 3.8) is 0 Å². The van der Waals surface area contributed by atoms with E-state index in [0.29, 0.717) is 10.8 Å². The number of pyridine rings is 1. The second kappa shape index (κ2) is 3.74. The van der Waals surface area contributed by atoms with E-state index in [1.807, 2.05) is 36.4 Å². The third-order valence-corrected chi connectivity index (χ3v) is 4.99. The van der Waals surface area contributed by atoms with Crippen molar-refractivity contribution in [2.24, 2.45) is 0 Å². The van der Waals surface area contributed by atoms with Crippen molar-refractivity contribution in [3.05, 3.63) is 69.2 Å². The Bertz CT molecular complexity index is 1430. The molecule has 0 radical (unpaired) electrons. The molecular formula is C20H9NO3. The lowest BCUT2D eigenvalue weighted by Gasteiger charge is -2.09. The summed E-state index contributed by atoms with van der Waals surface area (Å²) in [6, 6.07) is 15.4. The molecular weight excluding hydrogens is 302 g/mol. The molecule has 4 heteroatoms. The number of fused-ring (bicyclic) bond motifs is 2. The van der Waals surface area contributed by atoms with E-state index in [-0.39, 0.29) is 11.1 Å². The highest BCUT2D eigenvalue weighted by Crippen LogP contribution is 2.43. The summed E-state index contributed by atoms with van der Waals surface area (Å²) in [4.78, 5) is 26.9. The third kappa shape index (κ3) is 1.19. The Morgan fingerprint density at radius 1 is 0.583 bits per heavy atom. The molecule has 2 heterocycles. The molecule has 0 spiro atoms. The van der Waals surface area contributed by atoms with Gasteiger partial charge in [-0.15, -0.1) is 0 Å². The summed E-state index contributed by atoms with van der Waals surface area (Å²) in [6.45, 7) is 0. The summed E-state index contributed by atoms with van der Waals surface area (Å²) in [5, 5.41) is 6.70. The highest BCUT2D eigenvalue weighted by atomic mass is 16.3. The highest BCUT2D eigenvalue weighted by Gasteiger charge is 2.20. The maximum absolute atomic E-state index is 12.2. The van der Waals surface area contributed by atoms with Gasteiger partial charge in [0.25, 0.3) is 11.1 Å². The van der Waals surface area contributed by atoms with Crippen molar-refractivity contribution in [2.75, 3.05) is 0 Å². The predicted molar refractivity (Wildman–Crippen MR) is 95.5 cm³/mol. The molecule has 0 saturated carbocycles. The minimum Gasteiger partial charge on any atom is -0.455 e. The average molecular weight is 311 g/mol. The summed E-state index contributed by atoms with van der Waals surface area (Å²) in [7, 11) is 0. The van der Waals surface area contributed by atoms with Crippen molar-refractivity contribution in [2.45, 2.75) is 0 Å². The van der Waals surface area contributed by atoms with E-state index in [0.717, 1.165) is 43.5 Å². The van der Waals surface area contributed by atoms with Crippen molar-refractivity contribution >= 4 is 54.3 Å². The second-order valence-electron chi connectivity index (χ2n) is 6.16. The zero-order chi connectivity index (χ0) is 16.0. The monoisotopic (exact) mass is 311 g/mol. The van der Waals surface area contributed by atoms with Crippen LogP contribution < -0.4 is 11.1 Å². The van der Waals surface area contributed by atoms with Crippen LogP contribution in [0.3, 0.4) is 0 Å². The first-order valence-electron chi connectivity index (χ1n) is 7.72. The van der Waals surface area contributed by atoms with Crippen molar-refractivity contribution in [1.29, 1.82) is 0 Å². The summed E-state index contributed by atoms with van der Waals surface area (Å²) < 4.78 is 6.12. The number of aromatic nitrogens is 1. The van der Waals surface area contributed by atoms with Gasteiger partial charge in [-0.05, 0) is 24.3 Å². The van der Waals surface area contributed by atoms with Gasteiger partial charge in [0.1, 0.15) is 11.2 Å². The van der Waals surface area contributed by atoms with Crippen LogP contribution in [-0.4, -0.2) is 4.98 Å². The van der Waals surface area contributed by atoms with E-state index in [1.165, 1.54) is 0 Å². The second-order valence-corrected chi connectivity index (χ2v) is 6.16. The van der Waals surface area contributed by atoms with Gasteiger partial charge in [0.05, 0.1) is 0 Å². The first kappa shape index (κ1) is 12.1. The molecule has 2 bridgehead atoms. The summed E-state index contributed by atoms with van der Waals surface area (Å²) in [6.07, 6.45) is 0. The van der Waals surface area contributed by atoms with Crippen LogP contribution >= 0.6 is 0 Å². The van der Waals surface area contributed by atoms with E-state index in [4.69, 9.17) is 4.42 Å². The van der Waals surface area contributed by atoms with Gasteiger partial charge in [-0.25, -0.2) is 0 Å². The number of H-pyrrole nitrogens is 1.